The van der Waals surface area contributed by atoms with Crippen LogP contribution in [0.2, 0.25) is 0 Å². The molecule has 19 heavy (non-hydrogen) atoms. The van der Waals surface area contributed by atoms with E-state index >= 15 is 0 Å². The molecular weight excluding hydrogens is 271 g/mol. The average Bonchev–Trinajstić information content (AvgIpc) is 2.17. The van der Waals surface area contributed by atoms with Crippen LogP contribution in [0.1, 0.15) is 38.8 Å². The van der Waals surface area contributed by atoms with Crippen LogP contribution in [-0.2, 0) is 23.0 Å². The van der Waals surface area contributed by atoms with E-state index < -0.39 is 10.1 Å². The molecule has 0 atom stereocenters. The molecule has 5 heteroatoms. The quantitative estimate of drug-likeness (QED) is 0.567. The minimum atomic E-state index is -4.39. The monoisotopic (exact) mass is 292 g/mol. The maximum atomic E-state index is 11.3. The summed E-state index contributed by atoms with van der Waals surface area (Å²) in [5, 5.41) is 0. The Morgan fingerprint density at radius 2 is 1.58 bits per heavy atom. The van der Waals surface area contributed by atoms with Gasteiger partial charge >= 0.3 is 29.6 Å². The standard InChI is InChI=1S/C14H22O3S.Na/c1-10(2)8-12-6-5-7-14(18(15,16)17)13(12)9-11(3)4;/h5-7,10-11H,8-9H2,1-4H3,(H,15,16,17);/q;+1/p-1. The molecule has 0 radical (unpaired) electrons. The molecule has 0 spiro atoms. The van der Waals surface area contributed by atoms with Gasteiger partial charge in [0, 0.05) is 0 Å². The van der Waals surface area contributed by atoms with Crippen LogP contribution in [-0.4, -0.2) is 13.0 Å². The number of hydrogen-bond donors (Lipinski definition) is 0. The van der Waals surface area contributed by atoms with Gasteiger partial charge < -0.3 is 4.55 Å². The average molecular weight is 292 g/mol. The molecule has 0 aliphatic carbocycles. The third kappa shape index (κ3) is 5.96. The van der Waals surface area contributed by atoms with E-state index in [9.17, 15) is 13.0 Å². The van der Waals surface area contributed by atoms with Crippen LogP contribution in [0.15, 0.2) is 23.1 Å². The Morgan fingerprint density at radius 1 is 1.05 bits per heavy atom. The van der Waals surface area contributed by atoms with E-state index in [-0.39, 0.29) is 34.5 Å². The van der Waals surface area contributed by atoms with Crippen molar-refractivity contribution in [2.24, 2.45) is 11.8 Å². The first-order chi connectivity index (χ1) is 8.21. The molecule has 1 rings (SSSR count). The second-order valence-corrected chi connectivity index (χ2v) is 6.89. The molecule has 102 valence electrons. The van der Waals surface area contributed by atoms with Gasteiger partial charge in [-0.1, -0.05) is 39.8 Å². The predicted octanol–water partition coefficient (Wildman–Crippen LogP) is -0.00830. The van der Waals surface area contributed by atoms with Crippen molar-refractivity contribution in [2.45, 2.75) is 45.4 Å². The summed E-state index contributed by atoms with van der Waals surface area (Å²) in [5.74, 6) is 0.749. The fourth-order valence-corrected chi connectivity index (χ4v) is 2.88. The minimum absolute atomic E-state index is 0. The smallest absolute Gasteiger partial charge is 0.744 e. The van der Waals surface area contributed by atoms with Gasteiger partial charge in [-0.05, 0) is 41.9 Å². The van der Waals surface area contributed by atoms with E-state index in [2.05, 4.69) is 13.8 Å². The van der Waals surface area contributed by atoms with Gasteiger partial charge in [0.15, 0.2) is 0 Å². The Bertz CT molecular complexity index is 507. The zero-order chi connectivity index (χ0) is 13.9. The van der Waals surface area contributed by atoms with Gasteiger partial charge in [-0.25, -0.2) is 8.42 Å². The molecule has 1 aromatic carbocycles. The van der Waals surface area contributed by atoms with E-state index in [1.54, 1.807) is 6.07 Å². The van der Waals surface area contributed by atoms with Crippen molar-refractivity contribution in [3.8, 4) is 0 Å². The zero-order valence-electron chi connectivity index (χ0n) is 12.4. The van der Waals surface area contributed by atoms with E-state index in [0.29, 0.717) is 23.8 Å². The summed E-state index contributed by atoms with van der Waals surface area (Å²) >= 11 is 0. The third-order valence-corrected chi connectivity index (χ3v) is 3.66. The van der Waals surface area contributed by atoms with Crippen LogP contribution in [0.4, 0.5) is 0 Å². The van der Waals surface area contributed by atoms with Gasteiger partial charge in [-0.2, -0.15) is 0 Å². The molecule has 0 bridgehead atoms. The Labute approximate surface area is 138 Å². The van der Waals surface area contributed by atoms with E-state index in [1.165, 1.54) is 6.07 Å². The summed E-state index contributed by atoms with van der Waals surface area (Å²) in [4.78, 5) is -0.0469. The van der Waals surface area contributed by atoms with Crippen molar-refractivity contribution in [2.75, 3.05) is 0 Å². The Hall–Kier alpha value is 0.130. The molecule has 0 unspecified atom stereocenters. The fraction of sp³-hybridized carbons (Fsp3) is 0.571. The van der Waals surface area contributed by atoms with E-state index in [0.717, 1.165) is 12.0 Å². The first kappa shape index (κ1) is 19.1. The third-order valence-electron chi connectivity index (χ3n) is 2.74. The van der Waals surface area contributed by atoms with Crippen LogP contribution < -0.4 is 29.6 Å². The first-order valence-corrected chi connectivity index (χ1v) is 7.69. The van der Waals surface area contributed by atoms with Crippen molar-refractivity contribution >= 4 is 10.1 Å². The maximum Gasteiger partial charge on any atom is 1.00 e. The first-order valence-electron chi connectivity index (χ1n) is 6.28. The maximum absolute atomic E-state index is 11.3. The van der Waals surface area contributed by atoms with E-state index in [4.69, 9.17) is 0 Å². The summed E-state index contributed by atoms with van der Waals surface area (Å²) < 4.78 is 34.0. The fourth-order valence-electron chi connectivity index (χ4n) is 2.12. The summed E-state index contributed by atoms with van der Waals surface area (Å²) in [5.41, 5.74) is 1.69. The molecule has 1 aromatic rings. The minimum Gasteiger partial charge on any atom is -0.744 e. The van der Waals surface area contributed by atoms with Gasteiger partial charge in [0.25, 0.3) is 0 Å². The Balaban J connectivity index is 0.00000324. The number of hydrogen-bond acceptors (Lipinski definition) is 3. The molecule has 0 heterocycles. The molecule has 0 amide bonds. The number of rotatable bonds is 5. The summed E-state index contributed by atoms with van der Waals surface area (Å²) in [6.07, 6.45) is 1.42. The van der Waals surface area contributed by atoms with Gasteiger partial charge in [0.2, 0.25) is 0 Å². The van der Waals surface area contributed by atoms with Crippen LogP contribution in [0, 0.1) is 11.8 Å². The SMILES string of the molecule is CC(C)Cc1cccc(S(=O)(=O)[O-])c1CC(C)C.[Na+]. The normalized spacial score (nSPS) is 11.7. The molecule has 0 N–H and O–H groups in total. The molecular formula is C14H21NaO3S. The van der Waals surface area contributed by atoms with Crippen molar-refractivity contribution < 1.29 is 42.5 Å². The topological polar surface area (TPSA) is 57.2 Å². The van der Waals surface area contributed by atoms with Crippen LogP contribution >= 0.6 is 0 Å². The Kier molecular flexibility index (Phi) is 7.85. The summed E-state index contributed by atoms with van der Waals surface area (Å²) in [6.45, 7) is 8.20. The van der Waals surface area contributed by atoms with Crippen LogP contribution in [0.3, 0.4) is 0 Å². The number of benzene rings is 1. The molecule has 3 nitrogen and oxygen atoms in total. The largest absolute Gasteiger partial charge is 1.00 e. The van der Waals surface area contributed by atoms with Crippen LogP contribution in [0.25, 0.3) is 0 Å². The van der Waals surface area contributed by atoms with Crippen molar-refractivity contribution in [1.82, 2.24) is 0 Å². The van der Waals surface area contributed by atoms with Crippen molar-refractivity contribution in [3.63, 3.8) is 0 Å². The van der Waals surface area contributed by atoms with Gasteiger partial charge in [-0.3, -0.25) is 0 Å². The molecule has 0 aromatic heterocycles. The summed E-state index contributed by atoms with van der Waals surface area (Å²) in [7, 11) is -4.39. The summed E-state index contributed by atoms with van der Waals surface area (Å²) in [6, 6.07) is 5.00. The second-order valence-electron chi connectivity index (χ2n) is 5.54. The van der Waals surface area contributed by atoms with Crippen LogP contribution in [0.5, 0.6) is 0 Å². The van der Waals surface area contributed by atoms with Gasteiger partial charge in [-0.15, -0.1) is 0 Å². The molecule has 0 aliphatic rings. The van der Waals surface area contributed by atoms with Crippen molar-refractivity contribution in [1.29, 1.82) is 0 Å². The van der Waals surface area contributed by atoms with Crippen molar-refractivity contribution in [3.05, 3.63) is 29.3 Å². The molecule has 0 aliphatic heterocycles. The molecule has 0 saturated heterocycles. The molecule has 0 saturated carbocycles. The second kappa shape index (κ2) is 7.79. The predicted molar refractivity (Wildman–Crippen MR) is 71.5 cm³/mol. The molecule has 0 fully saturated rings. The van der Waals surface area contributed by atoms with Gasteiger partial charge in [0.05, 0.1) is 4.90 Å². The van der Waals surface area contributed by atoms with E-state index in [1.807, 2.05) is 19.9 Å². The Morgan fingerprint density at radius 3 is 2.00 bits per heavy atom. The van der Waals surface area contributed by atoms with Gasteiger partial charge in [0.1, 0.15) is 10.1 Å². The zero-order valence-corrected chi connectivity index (χ0v) is 15.3.